The van der Waals surface area contributed by atoms with Gasteiger partial charge in [0.2, 0.25) is 0 Å². The normalized spacial score (nSPS) is 30.0. The molecule has 0 spiro atoms. The van der Waals surface area contributed by atoms with E-state index in [1.807, 2.05) is 0 Å². The van der Waals surface area contributed by atoms with Crippen LogP contribution >= 0.6 is 0 Å². The Bertz CT molecular complexity index is 495. The van der Waals surface area contributed by atoms with Crippen molar-refractivity contribution in [1.29, 1.82) is 0 Å². The third-order valence-electron chi connectivity index (χ3n) is 4.25. The Morgan fingerprint density at radius 2 is 2.00 bits per heavy atom. The zero-order valence-corrected chi connectivity index (χ0v) is 11.2. The largest absolute Gasteiger partial charge is 0.335 e. The first kappa shape index (κ1) is 12.2. The van der Waals surface area contributed by atoms with Crippen LogP contribution in [0, 0.1) is 5.92 Å². The molecule has 0 bridgehead atoms. The lowest BCUT2D eigenvalue weighted by Crippen LogP contribution is -2.49. The predicted octanol–water partition coefficient (Wildman–Crippen LogP) is 1.75. The standard InChI is InChI=1S/C12H19N3O2S/c16-18(17,12-8-13-9-14-12)15-7-3-5-10-4-1-2-6-11(10)15/h8-11H,1-7H2,(H,13,14)/t10-,11-/m1/s1. The maximum atomic E-state index is 12.6. The Hall–Kier alpha value is -0.880. The second-order valence-electron chi connectivity index (χ2n) is 5.29. The number of hydrogen-bond donors (Lipinski definition) is 1. The van der Waals surface area contributed by atoms with Crippen LogP contribution in [0.2, 0.25) is 0 Å². The van der Waals surface area contributed by atoms with Crippen molar-refractivity contribution in [2.45, 2.75) is 49.6 Å². The number of nitrogens with zero attached hydrogens (tertiary/aromatic N) is 2. The molecule has 1 aromatic rings. The molecule has 100 valence electrons. The van der Waals surface area contributed by atoms with E-state index in [1.165, 1.54) is 31.8 Å². The fraction of sp³-hybridized carbons (Fsp3) is 0.750. The van der Waals surface area contributed by atoms with Crippen molar-refractivity contribution in [3.05, 3.63) is 12.5 Å². The number of imidazole rings is 1. The molecule has 1 aliphatic heterocycles. The molecule has 1 saturated carbocycles. The number of rotatable bonds is 2. The van der Waals surface area contributed by atoms with E-state index in [-0.39, 0.29) is 11.1 Å². The zero-order valence-electron chi connectivity index (χ0n) is 10.4. The quantitative estimate of drug-likeness (QED) is 0.889. The van der Waals surface area contributed by atoms with Gasteiger partial charge in [-0.1, -0.05) is 12.8 Å². The van der Waals surface area contributed by atoms with Crippen LogP contribution in [0.5, 0.6) is 0 Å². The van der Waals surface area contributed by atoms with Crippen LogP contribution in [-0.4, -0.2) is 35.3 Å². The van der Waals surface area contributed by atoms with Gasteiger partial charge < -0.3 is 4.98 Å². The van der Waals surface area contributed by atoms with Gasteiger partial charge in [-0.2, -0.15) is 4.31 Å². The van der Waals surface area contributed by atoms with Crippen LogP contribution in [0.1, 0.15) is 38.5 Å². The molecule has 18 heavy (non-hydrogen) atoms. The van der Waals surface area contributed by atoms with E-state index >= 15 is 0 Å². The summed E-state index contributed by atoms with van der Waals surface area (Å²) in [7, 11) is -3.37. The van der Waals surface area contributed by atoms with Gasteiger partial charge in [-0.15, -0.1) is 0 Å². The first-order valence-corrected chi connectivity index (χ1v) is 8.14. The number of aromatic nitrogens is 2. The highest BCUT2D eigenvalue weighted by Gasteiger charge is 2.40. The van der Waals surface area contributed by atoms with Gasteiger partial charge in [0.15, 0.2) is 5.03 Å². The average Bonchev–Trinajstić information content (AvgIpc) is 2.92. The van der Waals surface area contributed by atoms with E-state index in [2.05, 4.69) is 9.97 Å². The van der Waals surface area contributed by atoms with E-state index in [4.69, 9.17) is 0 Å². The molecule has 2 atom stereocenters. The minimum absolute atomic E-state index is 0.209. The topological polar surface area (TPSA) is 66.1 Å². The first-order chi connectivity index (χ1) is 8.69. The summed E-state index contributed by atoms with van der Waals surface area (Å²) in [5.41, 5.74) is 0. The van der Waals surface area contributed by atoms with E-state index < -0.39 is 10.0 Å². The van der Waals surface area contributed by atoms with Gasteiger partial charge in [-0.3, -0.25) is 0 Å². The van der Waals surface area contributed by atoms with Gasteiger partial charge in [0.05, 0.1) is 12.5 Å². The molecule has 6 heteroatoms. The maximum absolute atomic E-state index is 12.6. The molecule has 1 N–H and O–H groups in total. The van der Waals surface area contributed by atoms with Crippen LogP contribution in [0.25, 0.3) is 0 Å². The van der Waals surface area contributed by atoms with Gasteiger partial charge in [0, 0.05) is 12.6 Å². The van der Waals surface area contributed by atoms with Crippen molar-refractivity contribution in [2.75, 3.05) is 6.54 Å². The van der Waals surface area contributed by atoms with E-state index in [9.17, 15) is 8.42 Å². The highest BCUT2D eigenvalue weighted by Crippen LogP contribution is 2.37. The minimum atomic E-state index is -3.37. The summed E-state index contributed by atoms with van der Waals surface area (Å²) in [6, 6.07) is 0.209. The summed E-state index contributed by atoms with van der Waals surface area (Å²) in [5, 5.41) is 0.230. The van der Waals surface area contributed by atoms with Crippen molar-refractivity contribution >= 4 is 10.0 Å². The molecule has 0 radical (unpaired) electrons. The van der Waals surface area contributed by atoms with Gasteiger partial charge in [0.1, 0.15) is 0 Å². The number of fused-ring (bicyclic) bond motifs is 1. The molecule has 2 heterocycles. The number of nitrogens with one attached hydrogen (secondary N) is 1. The van der Waals surface area contributed by atoms with Crippen molar-refractivity contribution in [1.82, 2.24) is 14.3 Å². The molecule has 0 aromatic carbocycles. The van der Waals surface area contributed by atoms with Crippen molar-refractivity contribution in [2.24, 2.45) is 5.92 Å². The lowest BCUT2D eigenvalue weighted by Gasteiger charge is -2.42. The number of piperidine rings is 1. The highest BCUT2D eigenvalue weighted by molar-refractivity contribution is 7.89. The van der Waals surface area contributed by atoms with Crippen LogP contribution in [0.3, 0.4) is 0 Å². The molecule has 0 amide bonds. The Kier molecular flexibility index (Phi) is 3.15. The molecule has 5 nitrogen and oxygen atoms in total. The summed E-state index contributed by atoms with van der Waals surface area (Å²) in [6.07, 6.45) is 9.58. The summed E-state index contributed by atoms with van der Waals surface area (Å²) in [4.78, 5) is 6.56. The van der Waals surface area contributed by atoms with Crippen LogP contribution < -0.4 is 0 Å². The number of aromatic amines is 1. The SMILES string of the molecule is O=S(=O)(c1cnc[nH]1)N1CCC[C@H]2CCCC[C@H]21. The molecular weight excluding hydrogens is 250 g/mol. The molecule has 2 fully saturated rings. The van der Waals surface area contributed by atoms with Gasteiger partial charge in [-0.25, -0.2) is 13.4 Å². The molecule has 1 aromatic heterocycles. The first-order valence-electron chi connectivity index (χ1n) is 6.70. The van der Waals surface area contributed by atoms with E-state index in [0.29, 0.717) is 12.5 Å². The van der Waals surface area contributed by atoms with Gasteiger partial charge in [0.25, 0.3) is 10.0 Å². The summed E-state index contributed by atoms with van der Waals surface area (Å²) < 4.78 is 26.8. The third-order valence-corrected chi connectivity index (χ3v) is 6.10. The number of hydrogen-bond acceptors (Lipinski definition) is 3. The number of H-pyrrole nitrogens is 1. The summed E-state index contributed by atoms with van der Waals surface area (Å²) in [6.45, 7) is 0.655. The maximum Gasteiger partial charge on any atom is 0.260 e. The fourth-order valence-electron chi connectivity index (χ4n) is 3.39. The van der Waals surface area contributed by atoms with E-state index in [0.717, 1.165) is 19.3 Å². The van der Waals surface area contributed by atoms with Crippen molar-refractivity contribution in [3.63, 3.8) is 0 Å². The van der Waals surface area contributed by atoms with Crippen molar-refractivity contribution < 1.29 is 8.42 Å². The van der Waals surface area contributed by atoms with Crippen LogP contribution in [0.15, 0.2) is 17.6 Å². The lowest BCUT2D eigenvalue weighted by atomic mass is 9.79. The Balaban J connectivity index is 1.90. The second kappa shape index (κ2) is 4.66. The molecule has 1 aliphatic carbocycles. The van der Waals surface area contributed by atoms with E-state index in [1.54, 1.807) is 4.31 Å². The van der Waals surface area contributed by atoms with Crippen LogP contribution in [0.4, 0.5) is 0 Å². The molecule has 2 aliphatic rings. The minimum Gasteiger partial charge on any atom is -0.335 e. The third kappa shape index (κ3) is 1.97. The van der Waals surface area contributed by atoms with Gasteiger partial charge >= 0.3 is 0 Å². The Labute approximate surface area is 108 Å². The molecule has 0 unspecified atom stereocenters. The highest BCUT2D eigenvalue weighted by atomic mass is 32.2. The van der Waals surface area contributed by atoms with Crippen LogP contribution in [-0.2, 0) is 10.0 Å². The monoisotopic (exact) mass is 269 g/mol. The summed E-state index contributed by atoms with van der Waals surface area (Å²) in [5.74, 6) is 0.560. The Morgan fingerprint density at radius 1 is 1.22 bits per heavy atom. The second-order valence-corrected chi connectivity index (χ2v) is 7.14. The molecule has 3 rings (SSSR count). The average molecular weight is 269 g/mol. The zero-order chi connectivity index (χ0) is 12.6. The smallest absolute Gasteiger partial charge is 0.260 e. The molecular formula is C12H19N3O2S. The van der Waals surface area contributed by atoms with Crippen molar-refractivity contribution in [3.8, 4) is 0 Å². The number of sulfonamides is 1. The fourth-order valence-corrected chi connectivity index (χ4v) is 5.04. The lowest BCUT2D eigenvalue weighted by molar-refractivity contribution is 0.129. The Morgan fingerprint density at radius 3 is 2.78 bits per heavy atom. The molecule has 1 saturated heterocycles. The summed E-state index contributed by atoms with van der Waals surface area (Å²) >= 11 is 0. The van der Waals surface area contributed by atoms with Gasteiger partial charge in [-0.05, 0) is 31.6 Å². The predicted molar refractivity (Wildman–Crippen MR) is 67.5 cm³/mol.